The monoisotopic (exact) mass is 284 g/mol. The maximum Gasteiger partial charge on any atom is 0.257 e. The zero-order valence-corrected chi connectivity index (χ0v) is 12.9. The van der Waals surface area contributed by atoms with Crippen LogP contribution in [0, 0.1) is 11.8 Å². The van der Waals surface area contributed by atoms with Gasteiger partial charge in [0.05, 0.1) is 0 Å². The van der Waals surface area contributed by atoms with Crippen molar-refractivity contribution in [2.45, 2.75) is 45.6 Å². The lowest BCUT2D eigenvalue weighted by Crippen LogP contribution is -2.35. The standard InChI is InChI=1S/C18H24N2O/c1-12(2)14-8-5-6-10-16(14)19-17-11-13-7-3-4-9-15(13)18(21)20-17/h3-4,7,9,11-12,14,16H,5-6,8,10H2,1-2H3,(H2,19,20,21). The van der Waals surface area contributed by atoms with Gasteiger partial charge in [0.2, 0.25) is 0 Å². The van der Waals surface area contributed by atoms with E-state index in [9.17, 15) is 4.79 Å². The minimum Gasteiger partial charge on any atom is -0.369 e. The highest BCUT2D eigenvalue weighted by molar-refractivity contribution is 5.83. The molecular weight excluding hydrogens is 260 g/mol. The second-order valence-corrected chi connectivity index (χ2v) is 6.54. The SMILES string of the molecule is CC(C)C1CCCCC1Nc1cc2ccccc2c(=O)[nH]1. The molecule has 1 aromatic carbocycles. The predicted molar refractivity (Wildman–Crippen MR) is 88.8 cm³/mol. The number of benzene rings is 1. The molecule has 1 aliphatic rings. The Morgan fingerprint density at radius 3 is 2.76 bits per heavy atom. The Morgan fingerprint density at radius 2 is 1.95 bits per heavy atom. The van der Waals surface area contributed by atoms with Crippen LogP contribution in [-0.2, 0) is 0 Å². The highest BCUT2D eigenvalue weighted by Gasteiger charge is 2.27. The normalized spacial score (nSPS) is 22.6. The number of hydrogen-bond donors (Lipinski definition) is 2. The van der Waals surface area contributed by atoms with Crippen LogP contribution in [0.3, 0.4) is 0 Å². The molecule has 1 aromatic heterocycles. The molecule has 1 aliphatic carbocycles. The second kappa shape index (κ2) is 5.92. The molecule has 0 radical (unpaired) electrons. The number of rotatable bonds is 3. The molecule has 2 aromatic rings. The minimum absolute atomic E-state index is 0.00694. The Labute approximate surface area is 125 Å². The molecule has 112 valence electrons. The zero-order valence-electron chi connectivity index (χ0n) is 12.9. The largest absolute Gasteiger partial charge is 0.369 e. The fourth-order valence-corrected chi connectivity index (χ4v) is 3.63. The van der Waals surface area contributed by atoms with E-state index in [1.165, 1.54) is 25.7 Å². The zero-order chi connectivity index (χ0) is 14.8. The Balaban J connectivity index is 1.88. The van der Waals surface area contributed by atoms with E-state index >= 15 is 0 Å². The summed E-state index contributed by atoms with van der Waals surface area (Å²) >= 11 is 0. The molecule has 21 heavy (non-hydrogen) atoms. The van der Waals surface area contributed by atoms with Crippen molar-refractivity contribution in [3.8, 4) is 0 Å². The number of aromatic amines is 1. The van der Waals surface area contributed by atoms with Gasteiger partial charge in [-0.25, -0.2) is 0 Å². The Kier molecular flexibility index (Phi) is 4.00. The van der Waals surface area contributed by atoms with Crippen LogP contribution in [-0.4, -0.2) is 11.0 Å². The number of fused-ring (bicyclic) bond motifs is 1. The first-order valence-electron chi connectivity index (χ1n) is 8.04. The molecule has 3 nitrogen and oxygen atoms in total. The highest BCUT2D eigenvalue weighted by atomic mass is 16.1. The summed E-state index contributed by atoms with van der Waals surface area (Å²) in [5.41, 5.74) is -0.00694. The van der Waals surface area contributed by atoms with E-state index in [1.54, 1.807) is 0 Å². The number of hydrogen-bond acceptors (Lipinski definition) is 2. The quantitative estimate of drug-likeness (QED) is 0.889. The molecule has 3 rings (SSSR count). The number of pyridine rings is 1. The predicted octanol–water partition coefficient (Wildman–Crippen LogP) is 4.15. The first kappa shape index (κ1) is 14.2. The van der Waals surface area contributed by atoms with Gasteiger partial charge in [-0.1, -0.05) is 44.9 Å². The van der Waals surface area contributed by atoms with E-state index in [1.807, 2.05) is 24.3 Å². The van der Waals surface area contributed by atoms with Crippen molar-refractivity contribution >= 4 is 16.6 Å². The molecule has 1 saturated carbocycles. The van der Waals surface area contributed by atoms with Gasteiger partial charge in [-0.15, -0.1) is 0 Å². The van der Waals surface area contributed by atoms with Gasteiger partial charge in [-0.3, -0.25) is 4.79 Å². The maximum absolute atomic E-state index is 12.2. The fraction of sp³-hybridized carbons (Fsp3) is 0.500. The van der Waals surface area contributed by atoms with Crippen LogP contribution in [0.5, 0.6) is 0 Å². The van der Waals surface area contributed by atoms with E-state index in [2.05, 4.69) is 30.2 Å². The van der Waals surface area contributed by atoms with E-state index < -0.39 is 0 Å². The van der Waals surface area contributed by atoms with Gasteiger partial charge in [0.25, 0.3) is 5.56 Å². The van der Waals surface area contributed by atoms with Gasteiger partial charge in [-0.05, 0) is 42.2 Å². The molecule has 0 amide bonds. The van der Waals surface area contributed by atoms with Crippen LogP contribution in [0.15, 0.2) is 35.1 Å². The van der Waals surface area contributed by atoms with E-state index in [0.717, 1.165) is 16.6 Å². The van der Waals surface area contributed by atoms with Crippen molar-refractivity contribution < 1.29 is 0 Å². The third-order valence-electron chi connectivity index (χ3n) is 4.77. The van der Waals surface area contributed by atoms with Gasteiger partial charge in [0, 0.05) is 11.4 Å². The first-order chi connectivity index (χ1) is 10.1. The molecule has 0 spiro atoms. The van der Waals surface area contributed by atoms with Crippen LogP contribution in [0.2, 0.25) is 0 Å². The van der Waals surface area contributed by atoms with E-state index in [0.29, 0.717) is 17.9 Å². The van der Waals surface area contributed by atoms with Crippen molar-refractivity contribution in [2.24, 2.45) is 11.8 Å². The van der Waals surface area contributed by atoms with Gasteiger partial charge in [0.15, 0.2) is 0 Å². The van der Waals surface area contributed by atoms with Crippen LogP contribution in [0.25, 0.3) is 10.8 Å². The van der Waals surface area contributed by atoms with Gasteiger partial charge < -0.3 is 10.3 Å². The molecule has 2 N–H and O–H groups in total. The van der Waals surface area contributed by atoms with Crippen molar-refractivity contribution in [1.29, 1.82) is 0 Å². The van der Waals surface area contributed by atoms with Crippen LogP contribution in [0.1, 0.15) is 39.5 Å². The molecule has 1 fully saturated rings. The number of nitrogens with one attached hydrogen (secondary N) is 2. The van der Waals surface area contributed by atoms with Crippen molar-refractivity contribution in [2.75, 3.05) is 5.32 Å². The number of H-pyrrole nitrogens is 1. The van der Waals surface area contributed by atoms with Gasteiger partial charge in [0.1, 0.15) is 5.82 Å². The molecule has 1 heterocycles. The lowest BCUT2D eigenvalue weighted by Gasteiger charge is -2.35. The fourth-order valence-electron chi connectivity index (χ4n) is 3.63. The van der Waals surface area contributed by atoms with Crippen molar-refractivity contribution in [3.63, 3.8) is 0 Å². The van der Waals surface area contributed by atoms with Crippen molar-refractivity contribution in [1.82, 2.24) is 4.98 Å². The van der Waals surface area contributed by atoms with Crippen LogP contribution in [0.4, 0.5) is 5.82 Å². The topological polar surface area (TPSA) is 44.9 Å². The summed E-state index contributed by atoms with van der Waals surface area (Å²) in [7, 11) is 0. The Morgan fingerprint density at radius 1 is 1.19 bits per heavy atom. The summed E-state index contributed by atoms with van der Waals surface area (Å²) in [5.74, 6) is 2.22. The molecule has 2 unspecified atom stereocenters. The lowest BCUT2D eigenvalue weighted by molar-refractivity contribution is 0.253. The third kappa shape index (κ3) is 2.97. The summed E-state index contributed by atoms with van der Waals surface area (Å²) < 4.78 is 0. The lowest BCUT2D eigenvalue weighted by atomic mass is 9.78. The summed E-state index contributed by atoms with van der Waals surface area (Å²) in [4.78, 5) is 15.2. The molecule has 0 aliphatic heterocycles. The summed E-state index contributed by atoms with van der Waals surface area (Å²) in [6, 6.07) is 10.3. The Bertz CT molecular complexity index is 674. The van der Waals surface area contributed by atoms with E-state index in [-0.39, 0.29) is 5.56 Å². The second-order valence-electron chi connectivity index (χ2n) is 6.54. The molecular formula is C18H24N2O. The molecule has 0 bridgehead atoms. The van der Waals surface area contributed by atoms with Crippen molar-refractivity contribution in [3.05, 3.63) is 40.7 Å². The molecule has 0 saturated heterocycles. The van der Waals surface area contributed by atoms with Gasteiger partial charge >= 0.3 is 0 Å². The average molecular weight is 284 g/mol. The smallest absolute Gasteiger partial charge is 0.257 e. The summed E-state index contributed by atoms with van der Waals surface area (Å²) in [6.07, 6.45) is 5.08. The molecule has 3 heteroatoms. The Hall–Kier alpha value is -1.77. The van der Waals surface area contributed by atoms with Gasteiger partial charge in [-0.2, -0.15) is 0 Å². The highest BCUT2D eigenvalue weighted by Crippen LogP contribution is 2.32. The first-order valence-corrected chi connectivity index (χ1v) is 8.04. The average Bonchev–Trinajstić information content (AvgIpc) is 2.47. The minimum atomic E-state index is -0.00694. The summed E-state index contributed by atoms with van der Waals surface area (Å²) in [6.45, 7) is 4.60. The number of anilines is 1. The van der Waals surface area contributed by atoms with E-state index in [4.69, 9.17) is 0 Å². The third-order valence-corrected chi connectivity index (χ3v) is 4.77. The molecule has 2 atom stereocenters. The van der Waals surface area contributed by atoms with Crippen LogP contribution < -0.4 is 10.9 Å². The summed E-state index contributed by atoms with van der Waals surface area (Å²) in [5, 5.41) is 5.35. The maximum atomic E-state index is 12.2. The number of aromatic nitrogens is 1. The van der Waals surface area contributed by atoms with Crippen LogP contribution >= 0.6 is 0 Å².